The van der Waals surface area contributed by atoms with Crippen LogP contribution in [0.1, 0.15) is 70.7 Å². The summed E-state index contributed by atoms with van der Waals surface area (Å²) in [7, 11) is 0. The second-order valence-electron chi connectivity index (χ2n) is 6.07. The maximum absolute atomic E-state index is 12.2. The Bertz CT molecular complexity index is 713. The molecular formula is C19H21NO4. The smallest absolute Gasteiger partial charge is 0.360 e. The van der Waals surface area contributed by atoms with Crippen LogP contribution in [-0.4, -0.2) is 23.5 Å². The summed E-state index contributed by atoms with van der Waals surface area (Å²) < 4.78 is 9.96. The van der Waals surface area contributed by atoms with Gasteiger partial charge in [0, 0.05) is 24.5 Å². The molecule has 24 heavy (non-hydrogen) atoms. The summed E-state index contributed by atoms with van der Waals surface area (Å²) in [4.78, 5) is 23.7. The predicted molar refractivity (Wildman–Crippen MR) is 88.1 cm³/mol. The van der Waals surface area contributed by atoms with E-state index < -0.39 is 5.97 Å². The standard InChI is InChI=1S/C19H21NO4/c1-2-23-19(22)17-12-16(24-20-17)4-3-5-18(21)15-10-8-14(9-11-15)13-6-7-13/h8-13H,2-7H2,1H3. The number of aromatic nitrogens is 1. The first-order valence-electron chi connectivity index (χ1n) is 8.43. The third-order valence-electron chi connectivity index (χ3n) is 4.15. The molecule has 0 atom stereocenters. The lowest BCUT2D eigenvalue weighted by Gasteiger charge is -2.02. The number of rotatable bonds is 8. The molecule has 2 aromatic rings. The summed E-state index contributed by atoms with van der Waals surface area (Å²) in [5.74, 6) is 0.936. The maximum Gasteiger partial charge on any atom is 0.360 e. The highest BCUT2D eigenvalue weighted by atomic mass is 16.5. The monoisotopic (exact) mass is 327 g/mol. The second-order valence-corrected chi connectivity index (χ2v) is 6.07. The predicted octanol–water partition coefficient (Wildman–Crippen LogP) is 3.93. The average molecular weight is 327 g/mol. The molecular weight excluding hydrogens is 306 g/mol. The third-order valence-corrected chi connectivity index (χ3v) is 4.15. The molecule has 0 radical (unpaired) electrons. The van der Waals surface area contributed by atoms with Crippen molar-refractivity contribution in [2.24, 2.45) is 0 Å². The molecule has 1 heterocycles. The number of carbonyl (C=O) groups excluding carboxylic acids is 2. The zero-order valence-electron chi connectivity index (χ0n) is 13.8. The van der Waals surface area contributed by atoms with E-state index in [0.717, 1.165) is 5.56 Å². The van der Waals surface area contributed by atoms with Crippen molar-refractivity contribution in [3.63, 3.8) is 0 Å². The van der Waals surface area contributed by atoms with Gasteiger partial charge in [0.25, 0.3) is 0 Å². The zero-order valence-corrected chi connectivity index (χ0v) is 13.8. The first-order chi connectivity index (χ1) is 11.7. The van der Waals surface area contributed by atoms with Gasteiger partial charge in [0.15, 0.2) is 11.5 Å². The van der Waals surface area contributed by atoms with Crippen LogP contribution in [0.2, 0.25) is 0 Å². The first-order valence-corrected chi connectivity index (χ1v) is 8.43. The van der Waals surface area contributed by atoms with Crippen molar-refractivity contribution in [2.45, 2.75) is 44.9 Å². The van der Waals surface area contributed by atoms with E-state index in [-0.39, 0.29) is 11.5 Å². The fourth-order valence-electron chi connectivity index (χ4n) is 2.66. The highest BCUT2D eigenvalue weighted by Gasteiger charge is 2.23. The van der Waals surface area contributed by atoms with Gasteiger partial charge in [-0.15, -0.1) is 0 Å². The van der Waals surface area contributed by atoms with Gasteiger partial charge in [-0.2, -0.15) is 0 Å². The Morgan fingerprint density at radius 3 is 2.67 bits per heavy atom. The van der Waals surface area contributed by atoms with Crippen LogP contribution in [0.4, 0.5) is 0 Å². The topological polar surface area (TPSA) is 69.4 Å². The van der Waals surface area contributed by atoms with Gasteiger partial charge in [-0.1, -0.05) is 29.4 Å². The van der Waals surface area contributed by atoms with Gasteiger partial charge in [-0.25, -0.2) is 4.79 Å². The fraction of sp³-hybridized carbons (Fsp3) is 0.421. The molecule has 126 valence electrons. The quantitative estimate of drug-likeness (QED) is 0.542. The number of hydrogen-bond donors (Lipinski definition) is 0. The van der Waals surface area contributed by atoms with Gasteiger partial charge in [0.1, 0.15) is 5.76 Å². The lowest BCUT2D eigenvalue weighted by atomic mass is 10.0. The Kier molecular flexibility index (Phi) is 5.08. The molecule has 5 heteroatoms. The number of esters is 1. The van der Waals surface area contributed by atoms with E-state index in [1.807, 2.05) is 12.1 Å². The van der Waals surface area contributed by atoms with E-state index in [9.17, 15) is 9.59 Å². The van der Waals surface area contributed by atoms with Crippen LogP contribution < -0.4 is 0 Å². The Hall–Kier alpha value is -2.43. The Morgan fingerprint density at radius 1 is 1.25 bits per heavy atom. The summed E-state index contributed by atoms with van der Waals surface area (Å²) in [6, 6.07) is 9.54. The van der Waals surface area contributed by atoms with Crippen molar-refractivity contribution >= 4 is 11.8 Å². The summed E-state index contributed by atoms with van der Waals surface area (Å²) in [6.45, 7) is 2.04. The van der Waals surface area contributed by atoms with E-state index >= 15 is 0 Å². The van der Waals surface area contributed by atoms with Crippen molar-refractivity contribution in [3.05, 3.63) is 52.9 Å². The minimum Gasteiger partial charge on any atom is -0.461 e. The van der Waals surface area contributed by atoms with Crippen LogP contribution in [0.3, 0.4) is 0 Å². The normalized spacial score (nSPS) is 13.7. The lowest BCUT2D eigenvalue weighted by molar-refractivity contribution is 0.0514. The van der Waals surface area contributed by atoms with Gasteiger partial charge in [-0.3, -0.25) is 4.79 Å². The largest absolute Gasteiger partial charge is 0.461 e. The molecule has 1 fully saturated rings. The lowest BCUT2D eigenvalue weighted by Crippen LogP contribution is -2.04. The highest BCUT2D eigenvalue weighted by molar-refractivity contribution is 5.96. The van der Waals surface area contributed by atoms with Crippen LogP contribution in [0.15, 0.2) is 34.9 Å². The van der Waals surface area contributed by atoms with E-state index in [1.165, 1.54) is 18.4 Å². The first kappa shape index (κ1) is 16.4. The van der Waals surface area contributed by atoms with Crippen molar-refractivity contribution < 1.29 is 18.8 Å². The van der Waals surface area contributed by atoms with Crippen LogP contribution in [-0.2, 0) is 11.2 Å². The van der Waals surface area contributed by atoms with Crippen molar-refractivity contribution in [1.82, 2.24) is 5.16 Å². The molecule has 1 aromatic carbocycles. The van der Waals surface area contributed by atoms with Gasteiger partial charge in [0.2, 0.25) is 0 Å². The molecule has 1 aromatic heterocycles. The number of nitrogens with zero attached hydrogens (tertiary/aromatic N) is 1. The SMILES string of the molecule is CCOC(=O)c1cc(CCCC(=O)c2ccc(C3CC3)cc2)on1. The number of benzene rings is 1. The minimum absolute atomic E-state index is 0.127. The number of ether oxygens (including phenoxy) is 1. The average Bonchev–Trinajstić information content (AvgIpc) is 3.34. The molecule has 5 nitrogen and oxygen atoms in total. The molecule has 3 rings (SSSR count). The Morgan fingerprint density at radius 2 is 2.00 bits per heavy atom. The summed E-state index contributed by atoms with van der Waals surface area (Å²) in [6.07, 6.45) is 4.19. The van der Waals surface area contributed by atoms with Crippen molar-refractivity contribution in [2.75, 3.05) is 6.61 Å². The molecule has 0 amide bonds. The van der Waals surface area contributed by atoms with E-state index in [1.54, 1.807) is 13.0 Å². The summed E-state index contributed by atoms with van der Waals surface area (Å²) >= 11 is 0. The molecule has 0 N–H and O–H groups in total. The molecule has 0 saturated heterocycles. The molecule has 0 unspecified atom stereocenters. The van der Waals surface area contributed by atoms with E-state index in [4.69, 9.17) is 9.26 Å². The van der Waals surface area contributed by atoms with Crippen LogP contribution in [0, 0.1) is 0 Å². The zero-order chi connectivity index (χ0) is 16.9. The maximum atomic E-state index is 12.2. The number of ketones is 1. The molecule has 1 saturated carbocycles. The van der Waals surface area contributed by atoms with Crippen LogP contribution in [0.5, 0.6) is 0 Å². The molecule has 0 bridgehead atoms. The number of Topliss-reactive ketones (excluding diaryl/α,β-unsaturated/α-hetero) is 1. The highest BCUT2D eigenvalue weighted by Crippen LogP contribution is 2.39. The van der Waals surface area contributed by atoms with E-state index in [0.29, 0.717) is 37.5 Å². The number of carbonyl (C=O) groups is 2. The van der Waals surface area contributed by atoms with Crippen molar-refractivity contribution in [1.29, 1.82) is 0 Å². The van der Waals surface area contributed by atoms with Gasteiger partial charge >= 0.3 is 5.97 Å². The molecule has 0 aliphatic heterocycles. The minimum atomic E-state index is -0.487. The molecule has 0 spiro atoms. The number of aryl methyl sites for hydroxylation is 1. The van der Waals surface area contributed by atoms with Crippen LogP contribution in [0.25, 0.3) is 0 Å². The molecule has 1 aliphatic carbocycles. The fourth-order valence-corrected chi connectivity index (χ4v) is 2.66. The van der Waals surface area contributed by atoms with E-state index in [2.05, 4.69) is 17.3 Å². The number of hydrogen-bond acceptors (Lipinski definition) is 5. The van der Waals surface area contributed by atoms with Crippen LogP contribution >= 0.6 is 0 Å². The summed E-state index contributed by atoms with van der Waals surface area (Å²) in [5.41, 5.74) is 2.26. The van der Waals surface area contributed by atoms with Gasteiger partial charge < -0.3 is 9.26 Å². The van der Waals surface area contributed by atoms with Crippen molar-refractivity contribution in [3.8, 4) is 0 Å². The van der Waals surface area contributed by atoms with Gasteiger partial charge in [-0.05, 0) is 37.7 Å². The Balaban J connectivity index is 1.47. The second kappa shape index (κ2) is 7.43. The molecule has 1 aliphatic rings. The van der Waals surface area contributed by atoms with Gasteiger partial charge in [0.05, 0.1) is 6.61 Å². The summed E-state index contributed by atoms with van der Waals surface area (Å²) in [5, 5.41) is 3.69. The Labute approximate surface area is 141 Å². The third kappa shape index (κ3) is 4.10.